The van der Waals surface area contributed by atoms with Crippen LogP contribution in [-0.2, 0) is 0 Å². The van der Waals surface area contributed by atoms with Crippen molar-refractivity contribution in [2.45, 2.75) is 6.18 Å². The summed E-state index contributed by atoms with van der Waals surface area (Å²) in [7, 11) is -2.81. The second-order valence-electron chi connectivity index (χ2n) is 1.15. The van der Waals surface area contributed by atoms with E-state index in [0.29, 0.717) is 0 Å². The summed E-state index contributed by atoms with van der Waals surface area (Å²) >= 11 is 0. The Kier molecular flexibility index (Phi) is 2.66. The first kappa shape index (κ1) is 8.14. The molecule has 0 aliphatic carbocycles. The van der Waals surface area contributed by atoms with Gasteiger partial charge in [-0.15, -0.1) is 0 Å². The van der Waals surface area contributed by atoms with Crippen LogP contribution >= 0.6 is 8.38 Å². The lowest BCUT2D eigenvalue weighted by Crippen LogP contribution is -2.11. The number of alkyl halides is 3. The minimum absolute atomic E-state index is 1.50. The maximum atomic E-state index is 11.0. The molecule has 50 valence electrons. The zero-order valence-corrected chi connectivity index (χ0v) is 4.58. The van der Waals surface area contributed by atoms with Gasteiger partial charge < -0.3 is 9.79 Å². The van der Waals surface area contributed by atoms with Crippen LogP contribution in [-0.4, -0.2) is 22.1 Å². The average molecular weight is 148 g/mol. The van der Waals surface area contributed by atoms with Crippen LogP contribution in [0, 0.1) is 0 Å². The minimum Gasteiger partial charge on any atom is -0.350 e. The van der Waals surface area contributed by atoms with Gasteiger partial charge >= 0.3 is 6.18 Å². The smallest absolute Gasteiger partial charge is 0.350 e. The van der Waals surface area contributed by atoms with Gasteiger partial charge in [-0.05, 0) is 0 Å². The van der Waals surface area contributed by atoms with Crippen molar-refractivity contribution in [3.05, 3.63) is 0 Å². The van der Waals surface area contributed by atoms with Gasteiger partial charge in [-0.3, -0.25) is 0 Å². The lowest BCUT2D eigenvalue weighted by atomic mass is 10.8. The molecule has 0 atom stereocenters. The highest BCUT2D eigenvalue weighted by molar-refractivity contribution is 7.45. The first-order chi connectivity index (χ1) is 3.42. The van der Waals surface area contributed by atoms with Crippen molar-refractivity contribution >= 4 is 8.38 Å². The summed E-state index contributed by atoms with van der Waals surface area (Å²) in [6, 6.07) is 0. The molecule has 0 aromatic carbocycles. The highest BCUT2D eigenvalue weighted by atomic mass is 31.2. The third-order valence-corrected chi connectivity index (χ3v) is 0.962. The summed E-state index contributed by atoms with van der Waals surface area (Å²) < 4.78 is 33.0. The van der Waals surface area contributed by atoms with Gasteiger partial charge in [-0.25, -0.2) is 0 Å². The Morgan fingerprint density at radius 3 is 1.62 bits per heavy atom. The summed E-state index contributed by atoms with van der Waals surface area (Å²) in [4.78, 5) is 15.6. The minimum atomic E-state index is -4.45. The first-order valence-corrected chi connectivity index (χ1v) is 3.07. The van der Waals surface area contributed by atoms with Crippen molar-refractivity contribution in [3.63, 3.8) is 0 Å². The molecule has 2 N–H and O–H groups in total. The van der Waals surface area contributed by atoms with Gasteiger partial charge in [0.2, 0.25) is 0 Å². The third-order valence-electron chi connectivity index (χ3n) is 0.321. The van der Waals surface area contributed by atoms with Crippen molar-refractivity contribution < 1.29 is 23.0 Å². The Hall–Kier alpha value is 0.140. The Morgan fingerprint density at radius 2 is 1.62 bits per heavy atom. The van der Waals surface area contributed by atoms with Crippen LogP contribution in [0.25, 0.3) is 0 Å². The molecule has 0 fully saturated rings. The molecular weight excluding hydrogens is 144 g/mol. The lowest BCUT2D eigenvalue weighted by molar-refractivity contribution is -0.107. The molecular formula is C2H4F3O2P. The van der Waals surface area contributed by atoms with E-state index in [4.69, 9.17) is 9.79 Å². The molecule has 0 bridgehead atoms. The van der Waals surface area contributed by atoms with E-state index < -0.39 is 20.7 Å². The molecule has 6 heteroatoms. The molecule has 0 heterocycles. The van der Waals surface area contributed by atoms with Gasteiger partial charge in [0.15, 0.2) is 8.38 Å². The van der Waals surface area contributed by atoms with E-state index in [1.54, 1.807) is 0 Å². The maximum absolute atomic E-state index is 11.0. The quantitative estimate of drug-likeness (QED) is 0.541. The number of hydrogen-bond donors (Lipinski definition) is 2. The standard InChI is InChI=1S/C2H4F3O2P/c3-2(4,5)1-8(6)7/h6-7H,1H2. The Morgan fingerprint density at radius 1 is 1.25 bits per heavy atom. The van der Waals surface area contributed by atoms with Crippen LogP contribution in [0.1, 0.15) is 0 Å². The normalized spacial score (nSPS) is 12.8. The Balaban J connectivity index is 3.39. The van der Waals surface area contributed by atoms with Crippen molar-refractivity contribution in [2.24, 2.45) is 0 Å². The van der Waals surface area contributed by atoms with Crippen LogP contribution in [0.15, 0.2) is 0 Å². The monoisotopic (exact) mass is 148 g/mol. The van der Waals surface area contributed by atoms with Crippen LogP contribution in [0.2, 0.25) is 0 Å². The van der Waals surface area contributed by atoms with Gasteiger partial charge in [0.25, 0.3) is 0 Å². The number of rotatable bonds is 1. The molecule has 0 amide bonds. The molecule has 2 nitrogen and oxygen atoms in total. The molecule has 0 radical (unpaired) electrons. The van der Waals surface area contributed by atoms with Crippen molar-refractivity contribution in [1.82, 2.24) is 0 Å². The van der Waals surface area contributed by atoms with Gasteiger partial charge in [-0.2, -0.15) is 13.2 Å². The van der Waals surface area contributed by atoms with E-state index in [0.717, 1.165) is 0 Å². The number of hydrogen-bond acceptors (Lipinski definition) is 2. The van der Waals surface area contributed by atoms with Crippen LogP contribution in [0.5, 0.6) is 0 Å². The lowest BCUT2D eigenvalue weighted by Gasteiger charge is -2.04. The zero-order chi connectivity index (χ0) is 6.78. The first-order valence-electron chi connectivity index (χ1n) is 1.64. The van der Waals surface area contributed by atoms with Crippen molar-refractivity contribution in [2.75, 3.05) is 6.16 Å². The summed E-state index contributed by atoms with van der Waals surface area (Å²) in [6.45, 7) is 0. The molecule has 0 aromatic rings. The molecule has 8 heavy (non-hydrogen) atoms. The molecule has 0 saturated carbocycles. The number of halogens is 3. The van der Waals surface area contributed by atoms with E-state index in [1.807, 2.05) is 0 Å². The fourth-order valence-electron chi connectivity index (χ4n) is 0.160. The largest absolute Gasteiger partial charge is 0.397 e. The molecule has 0 saturated heterocycles. The van der Waals surface area contributed by atoms with E-state index in [1.165, 1.54) is 0 Å². The third kappa shape index (κ3) is 6.14. The molecule has 0 unspecified atom stereocenters. The van der Waals surface area contributed by atoms with Crippen molar-refractivity contribution in [3.8, 4) is 0 Å². The highest BCUT2D eigenvalue weighted by Crippen LogP contribution is 2.32. The van der Waals surface area contributed by atoms with Gasteiger partial charge in [0.1, 0.15) is 6.16 Å². The maximum Gasteiger partial charge on any atom is 0.397 e. The summed E-state index contributed by atoms with van der Waals surface area (Å²) in [5.74, 6) is 0. The summed E-state index contributed by atoms with van der Waals surface area (Å²) in [5.41, 5.74) is 0. The zero-order valence-electron chi connectivity index (χ0n) is 3.68. The fraction of sp³-hybridized carbons (Fsp3) is 1.00. The Bertz CT molecular complexity index is 70.2. The van der Waals surface area contributed by atoms with Gasteiger partial charge in [-0.1, -0.05) is 0 Å². The molecule has 0 rings (SSSR count). The SMILES string of the molecule is OP(O)CC(F)(F)F. The van der Waals surface area contributed by atoms with Crippen molar-refractivity contribution in [1.29, 1.82) is 0 Å². The van der Waals surface area contributed by atoms with Gasteiger partial charge in [0, 0.05) is 0 Å². The molecule has 0 aromatic heterocycles. The summed E-state index contributed by atoms with van der Waals surface area (Å²) in [6.07, 6.45) is -5.95. The van der Waals surface area contributed by atoms with E-state index in [9.17, 15) is 13.2 Å². The average Bonchev–Trinajstić information content (AvgIpc) is 1.21. The van der Waals surface area contributed by atoms with E-state index in [2.05, 4.69) is 0 Å². The second-order valence-corrected chi connectivity index (χ2v) is 2.21. The van der Waals surface area contributed by atoms with E-state index >= 15 is 0 Å². The van der Waals surface area contributed by atoms with Gasteiger partial charge in [0.05, 0.1) is 0 Å². The highest BCUT2D eigenvalue weighted by Gasteiger charge is 2.30. The topological polar surface area (TPSA) is 40.5 Å². The fourth-order valence-corrected chi connectivity index (χ4v) is 0.481. The predicted octanol–water partition coefficient (Wildman–Crippen LogP) is 0.845. The van der Waals surface area contributed by atoms with Crippen LogP contribution in [0.4, 0.5) is 13.2 Å². The van der Waals surface area contributed by atoms with E-state index in [-0.39, 0.29) is 0 Å². The Labute approximate surface area is 44.9 Å². The van der Waals surface area contributed by atoms with Crippen LogP contribution in [0.3, 0.4) is 0 Å². The molecule has 0 aliphatic rings. The predicted molar refractivity (Wildman–Crippen MR) is 22.3 cm³/mol. The molecule has 0 spiro atoms. The molecule has 0 aliphatic heterocycles. The summed E-state index contributed by atoms with van der Waals surface area (Å²) in [5, 5.41) is 0. The second kappa shape index (κ2) is 2.62. The van der Waals surface area contributed by atoms with Crippen LogP contribution < -0.4 is 0 Å².